The van der Waals surface area contributed by atoms with Gasteiger partial charge >= 0.3 is 0 Å². The summed E-state index contributed by atoms with van der Waals surface area (Å²) in [5.41, 5.74) is 1.03. The predicted octanol–water partition coefficient (Wildman–Crippen LogP) is 3.22. The number of halogens is 1. The number of hydrogen-bond acceptors (Lipinski definition) is 3. The first-order valence-electron chi connectivity index (χ1n) is 5.68. The highest BCUT2D eigenvalue weighted by Gasteiger charge is 2.20. The van der Waals surface area contributed by atoms with Crippen LogP contribution in [0.1, 0.15) is 30.0 Å². The lowest BCUT2D eigenvalue weighted by Gasteiger charge is -2.18. The normalized spacial score (nSPS) is 12.9. The summed E-state index contributed by atoms with van der Waals surface area (Å²) in [6.07, 6.45) is 2.79. The molecule has 0 aromatic carbocycles. The van der Waals surface area contributed by atoms with Crippen LogP contribution in [0.5, 0.6) is 0 Å². The van der Waals surface area contributed by atoms with E-state index in [9.17, 15) is 0 Å². The van der Waals surface area contributed by atoms with Crippen molar-refractivity contribution in [3.63, 3.8) is 0 Å². The second kappa shape index (κ2) is 5.67. The minimum Gasteiger partial charge on any atom is -0.304 e. The summed E-state index contributed by atoms with van der Waals surface area (Å²) in [5.74, 6) is 0. The maximum atomic E-state index is 6.22. The Morgan fingerprint density at radius 2 is 2.41 bits per heavy atom. The molecule has 2 rings (SSSR count). The first kappa shape index (κ1) is 12.6. The number of nitrogens with zero attached hydrogens (tertiary/aromatic N) is 2. The molecule has 0 aliphatic rings. The number of aryl methyl sites for hydroxylation is 1. The van der Waals surface area contributed by atoms with Gasteiger partial charge in [-0.3, -0.25) is 4.68 Å². The highest BCUT2D eigenvalue weighted by molar-refractivity contribution is 7.10. The summed E-state index contributed by atoms with van der Waals surface area (Å²) < 4.78 is 1.84. The van der Waals surface area contributed by atoms with Crippen LogP contribution in [0, 0.1) is 0 Å². The van der Waals surface area contributed by atoms with Crippen molar-refractivity contribution in [2.24, 2.45) is 7.05 Å². The molecule has 0 amide bonds. The molecule has 0 fully saturated rings. The maximum Gasteiger partial charge on any atom is 0.0856 e. The third-order valence-electron chi connectivity index (χ3n) is 2.64. The zero-order valence-corrected chi connectivity index (χ0v) is 11.6. The summed E-state index contributed by atoms with van der Waals surface area (Å²) in [4.78, 5) is 1.27. The van der Waals surface area contributed by atoms with E-state index >= 15 is 0 Å². The molecule has 0 saturated carbocycles. The van der Waals surface area contributed by atoms with Crippen molar-refractivity contribution in [1.82, 2.24) is 15.1 Å². The molecule has 0 aliphatic carbocycles. The van der Waals surface area contributed by atoms with E-state index in [2.05, 4.69) is 34.9 Å². The summed E-state index contributed by atoms with van der Waals surface area (Å²) in [5, 5.41) is 10.5. The molecule has 0 spiro atoms. The van der Waals surface area contributed by atoms with Gasteiger partial charge in [-0.1, -0.05) is 24.6 Å². The summed E-state index contributed by atoms with van der Waals surface area (Å²) in [6.45, 7) is 3.12. The van der Waals surface area contributed by atoms with Gasteiger partial charge in [-0.05, 0) is 24.4 Å². The Labute approximate surface area is 110 Å². The van der Waals surface area contributed by atoms with E-state index in [1.165, 1.54) is 4.88 Å². The lowest BCUT2D eigenvalue weighted by molar-refractivity contribution is 0.560. The van der Waals surface area contributed by atoms with Crippen molar-refractivity contribution in [2.45, 2.75) is 19.4 Å². The molecular weight excluding hydrogens is 254 g/mol. The molecule has 2 aromatic rings. The zero-order valence-electron chi connectivity index (χ0n) is 9.98. The van der Waals surface area contributed by atoms with Crippen molar-refractivity contribution in [3.8, 4) is 0 Å². The SMILES string of the molecule is CCCNC(c1cccs1)c1c(Cl)cnn1C. The largest absolute Gasteiger partial charge is 0.304 e. The van der Waals surface area contributed by atoms with Gasteiger partial charge in [-0.25, -0.2) is 0 Å². The smallest absolute Gasteiger partial charge is 0.0856 e. The number of hydrogen-bond donors (Lipinski definition) is 1. The van der Waals surface area contributed by atoms with Crippen molar-refractivity contribution < 1.29 is 0 Å². The second-order valence-corrected chi connectivity index (χ2v) is 5.29. The average molecular weight is 270 g/mol. The fourth-order valence-corrected chi connectivity index (χ4v) is 2.90. The van der Waals surface area contributed by atoms with Gasteiger partial charge in [0.1, 0.15) is 0 Å². The third kappa shape index (κ3) is 2.70. The van der Waals surface area contributed by atoms with Crippen LogP contribution < -0.4 is 5.32 Å². The summed E-state index contributed by atoms with van der Waals surface area (Å²) >= 11 is 7.95. The Balaban J connectivity index is 2.33. The van der Waals surface area contributed by atoms with Gasteiger partial charge in [0, 0.05) is 11.9 Å². The van der Waals surface area contributed by atoms with Gasteiger partial charge in [-0.2, -0.15) is 5.10 Å². The van der Waals surface area contributed by atoms with Gasteiger partial charge in [-0.15, -0.1) is 11.3 Å². The van der Waals surface area contributed by atoms with E-state index in [-0.39, 0.29) is 6.04 Å². The van der Waals surface area contributed by atoms with Crippen LogP contribution in [0.15, 0.2) is 23.7 Å². The first-order valence-corrected chi connectivity index (χ1v) is 6.94. The van der Waals surface area contributed by atoms with Gasteiger partial charge < -0.3 is 5.32 Å². The molecule has 0 radical (unpaired) electrons. The molecule has 1 atom stereocenters. The van der Waals surface area contributed by atoms with Crippen LogP contribution in [0.25, 0.3) is 0 Å². The quantitative estimate of drug-likeness (QED) is 0.903. The minimum absolute atomic E-state index is 0.134. The van der Waals surface area contributed by atoms with E-state index in [0.717, 1.165) is 23.7 Å². The predicted molar refractivity (Wildman–Crippen MR) is 72.7 cm³/mol. The molecule has 17 heavy (non-hydrogen) atoms. The molecule has 0 aliphatic heterocycles. The Kier molecular flexibility index (Phi) is 4.20. The molecule has 2 heterocycles. The van der Waals surface area contributed by atoms with Crippen molar-refractivity contribution in [1.29, 1.82) is 0 Å². The molecule has 1 unspecified atom stereocenters. The van der Waals surface area contributed by atoms with E-state index < -0.39 is 0 Å². The summed E-state index contributed by atoms with van der Waals surface area (Å²) in [6, 6.07) is 4.32. The maximum absolute atomic E-state index is 6.22. The van der Waals surface area contributed by atoms with Gasteiger partial charge in [0.15, 0.2) is 0 Å². The van der Waals surface area contributed by atoms with Crippen LogP contribution in [0.4, 0.5) is 0 Å². The standard InChI is InChI=1S/C12H16ClN3S/c1-3-6-14-11(10-5-4-7-17-10)12-9(13)8-15-16(12)2/h4-5,7-8,11,14H,3,6H2,1-2H3. The lowest BCUT2D eigenvalue weighted by atomic mass is 10.1. The number of thiophene rings is 1. The fourth-order valence-electron chi connectivity index (χ4n) is 1.82. The van der Waals surface area contributed by atoms with Crippen LogP contribution >= 0.6 is 22.9 Å². The third-order valence-corrected chi connectivity index (χ3v) is 3.87. The van der Waals surface area contributed by atoms with Crippen LogP contribution in [0.2, 0.25) is 5.02 Å². The lowest BCUT2D eigenvalue weighted by Crippen LogP contribution is -2.24. The van der Waals surface area contributed by atoms with E-state index in [1.807, 2.05) is 11.7 Å². The molecule has 3 nitrogen and oxygen atoms in total. The second-order valence-electron chi connectivity index (χ2n) is 3.90. The van der Waals surface area contributed by atoms with Crippen molar-refractivity contribution >= 4 is 22.9 Å². The minimum atomic E-state index is 0.134. The van der Waals surface area contributed by atoms with Gasteiger partial charge in [0.05, 0.1) is 23.0 Å². The van der Waals surface area contributed by atoms with E-state index in [1.54, 1.807) is 17.5 Å². The van der Waals surface area contributed by atoms with Gasteiger partial charge in [0.2, 0.25) is 0 Å². The molecule has 0 bridgehead atoms. The van der Waals surface area contributed by atoms with Crippen molar-refractivity contribution in [3.05, 3.63) is 39.3 Å². The molecule has 1 N–H and O–H groups in total. The van der Waals surface area contributed by atoms with Crippen LogP contribution in [-0.2, 0) is 7.05 Å². The van der Waals surface area contributed by atoms with Crippen molar-refractivity contribution in [2.75, 3.05) is 6.54 Å². The number of rotatable bonds is 5. The average Bonchev–Trinajstić information content (AvgIpc) is 2.93. The zero-order chi connectivity index (χ0) is 12.3. The Morgan fingerprint density at radius 3 is 2.94 bits per heavy atom. The topological polar surface area (TPSA) is 29.9 Å². The molecule has 92 valence electrons. The molecule has 0 saturated heterocycles. The Morgan fingerprint density at radius 1 is 1.59 bits per heavy atom. The Hall–Kier alpha value is -0.840. The molecule has 5 heteroatoms. The summed E-state index contributed by atoms with van der Waals surface area (Å²) in [7, 11) is 1.93. The molecular formula is C12H16ClN3S. The molecule has 2 aromatic heterocycles. The van der Waals surface area contributed by atoms with Crippen LogP contribution in [0.3, 0.4) is 0 Å². The number of nitrogens with one attached hydrogen (secondary N) is 1. The highest BCUT2D eigenvalue weighted by Crippen LogP contribution is 2.30. The first-order chi connectivity index (χ1) is 8.24. The fraction of sp³-hybridized carbons (Fsp3) is 0.417. The van der Waals surface area contributed by atoms with E-state index in [0.29, 0.717) is 0 Å². The number of aromatic nitrogens is 2. The van der Waals surface area contributed by atoms with Gasteiger partial charge in [0.25, 0.3) is 0 Å². The van der Waals surface area contributed by atoms with Crippen LogP contribution in [-0.4, -0.2) is 16.3 Å². The van der Waals surface area contributed by atoms with E-state index in [4.69, 9.17) is 11.6 Å². The Bertz CT molecular complexity index is 445. The monoisotopic (exact) mass is 269 g/mol. The highest BCUT2D eigenvalue weighted by atomic mass is 35.5.